The Morgan fingerprint density at radius 1 is 1.38 bits per heavy atom. The molecule has 0 spiro atoms. The lowest BCUT2D eigenvalue weighted by Crippen LogP contribution is -2.36. The van der Waals surface area contributed by atoms with E-state index in [0.717, 1.165) is 28.9 Å². The highest BCUT2D eigenvalue weighted by Gasteiger charge is 2.26. The van der Waals surface area contributed by atoms with Gasteiger partial charge in [0.1, 0.15) is 5.60 Å². The Balaban J connectivity index is 1.82. The van der Waals surface area contributed by atoms with Crippen molar-refractivity contribution in [2.45, 2.75) is 52.2 Å². The van der Waals surface area contributed by atoms with Crippen LogP contribution in [0.5, 0.6) is 0 Å². The number of hydrogen-bond acceptors (Lipinski definition) is 3. The van der Waals surface area contributed by atoms with E-state index in [9.17, 15) is 9.90 Å². The average molecular weight is 351 g/mol. The molecule has 0 fully saturated rings. The Morgan fingerprint density at radius 2 is 2.15 bits per heavy atom. The van der Waals surface area contributed by atoms with E-state index >= 15 is 0 Å². The molecule has 0 saturated carbocycles. The molecular weight excluding hydrogens is 326 g/mol. The summed E-state index contributed by atoms with van der Waals surface area (Å²) in [7, 11) is 0. The van der Waals surface area contributed by atoms with Gasteiger partial charge in [0, 0.05) is 41.9 Å². The molecule has 0 unspecified atom stereocenters. The lowest BCUT2D eigenvalue weighted by atomic mass is 9.98. The number of aromatic nitrogens is 2. The van der Waals surface area contributed by atoms with Crippen LogP contribution in [0.4, 0.5) is 0 Å². The predicted octanol–water partition coefficient (Wildman–Crippen LogP) is 2.85. The van der Waals surface area contributed by atoms with Crippen LogP contribution in [0.2, 0.25) is 0 Å². The molecule has 1 aromatic heterocycles. The van der Waals surface area contributed by atoms with Crippen molar-refractivity contribution in [2.75, 3.05) is 6.54 Å². The highest BCUT2D eigenvalue weighted by Crippen LogP contribution is 2.26. The van der Waals surface area contributed by atoms with Crippen molar-refractivity contribution in [3.63, 3.8) is 0 Å². The first-order valence-corrected chi connectivity index (χ1v) is 8.95. The molecule has 0 radical (unpaired) electrons. The van der Waals surface area contributed by atoms with E-state index in [-0.39, 0.29) is 5.91 Å². The minimum Gasteiger partial charge on any atom is -0.378 e. The lowest BCUT2D eigenvalue weighted by molar-refractivity contribution is 0.0733. The lowest BCUT2D eigenvalue weighted by Gasteiger charge is -2.27. The number of carbonyl (C=O) groups excluding carboxylic acids is 1. The molecule has 1 aliphatic rings. The maximum atomic E-state index is 13.0. The maximum Gasteiger partial charge on any atom is 0.254 e. The van der Waals surface area contributed by atoms with Crippen molar-refractivity contribution in [1.29, 1.82) is 0 Å². The number of carbonyl (C=O) groups is 1. The molecule has 136 valence electrons. The first-order valence-electron chi connectivity index (χ1n) is 8.95. The SMILES string of the molecule is CC(C)c1n[nH]c2c1CN(C(=O)c1cccc(C#CC(C)(C)O)c1)CC2. The van der Waals surface area contributed by atoms with Crippen LogP contribution in [0.1, 0.15) is 66.5 Å². The zero-order chi connectivity index (χ0) is 18.9. The fourth-order valence-corrected chi connectivity index (χ4v) is 3.11. The number of H-pyrrole nitrogens is 1. The van der Waals surface area contributed by atoms with Gasteiger partial charge in [0.25, 0.3) is 5.91 Å². The molecule has 0 saturated heterocycles. The molecule has 0 aliphatic carbocycles. The highest BCUT2D eigenvalue weighted by atomic mass is 16.3. The number of nitrogens with one attached hydrogen (secondary N) is 1. The minimum absolute atomic E-state index is 0.00142. The van der Waals surface area contributed by atoms with Crippen LogP contribution < -0.4 is 0 Å². The summed E-state index contributed by atoms with van der Waals surface area (Å²) in [6.07, 6.45) is 0.791. The van der Waals surface area contributed by atoms with Gasteiger partial charge in [-0.05, 0) is 38.0 Å². The van der Waals surface area contributed by atoms with Crippen LogP contribution in [-0.2, 0) is 13.0 Å². The van der Waals surface area contributed by atoms with Crippen molar-refractivity contribution < 1.29 is 9.90 Å². The number of fused-ring (bicyclic) bond motifs is 1. The summed E-state index contributed by atoms with van der Waals surface area (Å²) < 4.78 is 0. The first-order chi connectivity index (χ1) is 12.2. The average Bonchev–Trinajstić information content (AvgIpc) is 3.02. The molecule has 5 nitrogen and oxygen atoms in total. The largest absolute Gasteiger partial charge is 0.378 e. The quantitative estimate of drug-likeness (QED) is 0.818. The Morgan fingerprint density at radius 3 is 2.85 bits per heavy atom. The van der Waals surface area contributed by atoms with Crippen molar-refractivity contribution in [2.24, 2.45) is 0 Å². The summed E-state index contributed by atoms with van der Waals surface area (Å²) in [6.45, 7) is 8.75. The van der Waals surface area contributed by atoms with Gasteiger partial charge in [-0.2, -0.15) is 5.10 Å². The topological polar surface area (TPSA) is 69.2 Å². The number of rotatable bonds is 2. The zero-order valence-electron chi connectivity index (χ0n) is 15.8. The zero-order valence-corrected chi connectivity index (χ0v) is 15.8. The van der Waals surface area contributed by atoms with Crippen molar-refractivity contribution in [3.8, 4) is 11.8 Å². The molecule has 5 heteroatoms. The Kier molecular flexibility index (Phi) is 4.88. The number of nitrogens with zero attached hydrogens (tertiary/aromatic N) is 2. The van der Waals surface area contributed by atoms with Crippen LogP contribution in [0.3, 0.4) is 0 Å². The number of amides is 1. The van der Waals surface area contributed by atoms with E-state index < -0.39 is 5.60 Å². The van der Waals surface area contributed by atoms with Gasteiger partial charge < -0.3 is 10.0 Å². The van der Waals surface area contributed by atoms with Crippen molar-refractivity contribution in [3.05, 3.63) is 52.3 Å². The predicted molar refractivity (Wildman–Crippen MR) is 101 cm³/mol. The molecule has 2 heterocycles. The molecule has 0 atom stereocenters. The van der Waals surface area contributed by atoms with Crippen molar-refractivity contribution >= 4 is 5.91 Å². The molecule has 2 aromatic rings. The van der Waals surface area contributed by atoms with Gasteiger partial charge in [-0.1, -0.05) is 31.8 Å². The second kappa shape index (κ2) is 6.97. The summed E-state index contributed by atoms with van der Waals surface area (Å²) in [4.78, 5) is 14.8. The van der Waals surface area contributed by atoms with Gasteiger partial charge in [-0.3, -0.25) is 9.89 Å². The molecule has 2 N–H and O–H groups in total. The number of aromatic amines is 1. The van der Waals surface area contributed by atoms with Crippen LogP contribution >= 0.6 is 0 Å². The van der Waals surface area contributed by atoms with E-state index in [1.54, 1.807) is 19.9 Å². The molecule has 1 amide bonds. The summed E-state index contributed by atoms with van der Waals surface area (Å²) in [5.74, 6) is 6.04. The van der Waals surface area contributed by atoms with Gasteiger partial charge in [-0.15, -0.1) is 0 Å². The van der Waals surface area contributed by atoms with Crippen LogP contribution in [-0.4, -0.2) is 38.3 Å². The summed E-state index contributed by atoms with van der Waals surface area (Å²) in [5, 5.41) is 17.3. The molecule has 1 aromatic carbocycles. The summed E-state index contributed by atoms with van der Waals surface area (Å²) >= 11 is 0. The Bertz CT molecular complexity index is 879. The van der Waals surface area contributed by atoms with Gasteiger partial charge in [0.15, 0.2) is 0 Å². The number of benzene rings is 1. The van der Waals surface area contributed by atoms with Gasteiger partial charge >= 0.3 is 0 Å². The fourth-order valence-electron chi connectivity index (χ4n) is 3.11. The van der Waals surface area contributed by atoms with Crippen LogP contribution in [0, 0.1) is 11.8 Å². The Labute approximate surface area is 154 Å². The molecule has 26 heavy (non-hydrogen) atoms. The van der Waals surface area contributed by atoms with E-state index in [1.807, 2.05) is 23.1 Å². The third-order valence-corrected chi connectivity index (χ3v) is 4.42. The van der Waals surface area contributed by atoms with Crippen LogP contribution in [0.15, 0.2) is 24.3 Å². The second-order valence-electron chi connectivity index (χ2n) is 7.59. The smallest absolute Gasteiger partial charge is 0.254 e. The van der Waals surface area contributed by atoms with E-state index in [2.05, 4.69) is 35.9 Å². The molecule has 3 rings (SSSR count). The standard InChI is InChI=1S/C21H25N3O2/c1-14(2)19-17-13-24(11-9-18(17)22-23-19)20(25)16-7-5-6-15(12-16)8-10-21(3,4)26/h5-7,12,14,26H,9,11,13H2,1-4H3,(H,22,23). The molecular formula is C21H25N3O2. The fraction of sp³-hybridized carbons (Fsp3) is 0.429. The van der Waals surface area contributed by atoms with E-state index in [1.165, 1.54) is 0 Å². The maximum absolute atomic E-state index is 13.0. The monoisotopic (exact) mass is 351 g/mol. The molecule has 1 aliphatic heterocycles. The minimum atomic E-state index is -1.06. The number of aliphatic hydroxyl groups is 1. The van der Waals surface area contributed by atoms with Crippen molar-refractivity contribution in [1.82, 2.24) is 15.1 Å². The normalized spacial score (nSPS) is 14.0. The van der Waals surface area contributed by atoms with E-state index in [4.69, 9.17) is 0 Å². The number of hydrogen-bond donors (Lipinski definition) is 2. The van der Waals surface area contributed by atoms with Gasteiger partial charge in [0.2, 0.25) is 0 Å². The third kappa shape index (κ3) is 3.97. The molecule has 0 bridgehead atoms. The van der Waals surface area contributed by atoms with E-state index in [0.29, 0.717) is 24.6 Å². The second-order valence-corrected chi connectivity index (χ2v) is 7.59. The highest BCUT2D eigenvalue weighted by molar-refractivity contribution is 5.94. The third-order valence-electron chi connectivity index (χ3n) is 4.42. The summed E-state index contributed by atoms with van der Waals surface area (Å²) in [6, 6.07) is 7.27. The first kappa shape index (κ1) is 18.2. The van der Waals surface area contributed by atoms with Gasteiger partial charge in [0.05, 0.1) is 5.69 Å². The Hall–Kier alpha value is -2.58. The summed E-state index contributed by atoms with van der Waals surface area (Å²) in [5.41, 5.74) is 3.62. The van der Waals surface area contributed by atoms with Crippen LogP contribution in [0.25, 0.3) is 0 Å². The van der Waals surface area contributed by atoms with Gasteiger partial charge in [-0.25, -0.2) is 0 Å².